The first-order chi connectivity index (χ1) is 17.0. The van der Waals surface area contributed by atoms with E-state index in [4.69, 9.17) is 9.47 Å². The van der Waals surface area contributed by atoms with Gasteiger partial charge in [-0.15, -0.1) is 0 Å². The SMILES string of the molecule is COCCn1c(C)c(-c2ccccc2F)c(=O)n(C[C@H](NC(=O)OC(C)(C)C)c2ccccc2)c1=O. The summed E-state index contributed by atoms with van der Waals surface area (Å²) in [6, 6.07) is 14.1. The van der Waals surface area contributed by atoms with Crippen LogP contribution in [0.5, 0.6) is 0 Å². The van der Waals surface area contributed by atoms with Gasteiger partial charge in [-0.1, -0.05) is 48.5 Å². The van der Waals surface area contributed by atoms with Crippen molar-refractivity contribution >= 4 is 6.09 Å². The minimum absolute atomic E-state index is 0.0767. The van der Waals surface area contributed by atoms with E-state index in [1.807, 2.05) is 6.07 Å². The molecule has 3 rings (SSSR count). The number of alkyl carbamates (subject to hydrolysis) is 1. The summed E-state index contributed by atoms with van der Waals surface area (Å²) in [7, 11) is 1.50. The van der Waals surface area contributed by atoms with Gasteiger partial charge in [-0.25, -0.2) is 14.0 Å². The zero-order chi connectivity index (χ0) is 26.5. The molecule has 0 aliphatic rings. The van der Waals surface area contributed by atoms with Gasteiger partial charge in [0.15, 0.2) is 0 Å². The number of hydrogen-bond donors (Lipinski definition) is 1. The molecule has 1 heterocycles. The molecule has 0 fully saturated rings. The van der Waals surface area contributed by atoms with E-state index in [-0.39, 0.29) is 30.8 Å². The quantitative estimate of drug-likeness (QED) is 0.507. The number of nitrogens with one attached hydrogen (secondary N) is 1. The predicted octanol–water partition coefficient (Wildman–Crippen LogP) is 4.04. The highest BCUT2D eigenvalue weighted by atomic mass is 19.1. The molecular weight excluding hydrogens is 465 g/mol. The summed E-state index contributed by atoms with van der Waals surface area (Å²) in [4.78, 5) is 39.8. The smallest absolute Gasteiger partial charge is 0.408 e. The number of amides is 1. The Labute approximate surface area is 209 Å². The second-order valence-corrected chi connectivity index (χ2v) is 9.39. The molecule has 192 valence electrons. The fourth-order valence-electron chi connectivity index (χ4n) is 3.93. The molecule has 0 unspecified atom stereocenters. The lowest BCUT2D eigenvalue weighted by atomic mass is 10.0. The van der Waals surface area contributed by atoms with Crippen molar-refractivity contribution in [3.8, 4) is 11.1 Å². The molecule has 0 saturated carbocycles. The number of halogens is 1. The van der Waals surface area contributed by atoms with Crippen LogP contribution in [0, 0.1) is 12.7 Å². The van der Waals surface area contributed by atoms with Crippen molar-refractivity contribution in [2.45, 2.75) is 52.4 Å². The van der Waals surface area contributed by atoms with E-state index in [0.29, 0.717) is 11.3 Å². The Morgan fingerprint density at radius 2 is 1.67 bits per heavy atom. The van der Waals surface area contributed by atoms with Crippen molar-refractivity contribution in [3.05, 3.63) is 92.5 Å². The van der Waals surface area contributed by atoms with Crippen LogP contribution in [0.4, 0.5) is 9.18 Å². The fourth-order valence-corrected chi connectivity index (χ4v) is 3.93. The van der Waals surface area contributed by atoms with Crippen molar-refractivity contribution in [2.75, 3.05) is 13.7 Å². The average Bonchev–Trinajstić information content (AvgIpc) is 2.81. The first kappa shape index (κ1) is 26.9. The van der Waals surface area contributed by atoms with Gasteiger partial charge in [-0.05, 0) is 39.3 Å². The molecule has 8 nitrogen and oxygen atoms in total. The lowest BCUT2D eigenvalue weighted by Gasteiger charge is -2.25. The molecule has 1 aromatic heterocycles. The maximum Gasteiger partial charge on any atom is 0.408 e. The van der Waals surface area contributed by atoms with Gasteiger partial charge in [0.25, 0.3) is 5.56 Å². The highest BCUT2D eigenvalue weighted by Crippen LogP contribution is 2.23. The number of carbonyl (C=O) groups excluding carboxylic acids is 1. The summed E-state index contributed by atoms with van der Waals surface area (Å²) >= 11 is 0. The lowest BCUT2D eigenvalue weighted by Crippen LogP contribution is -2.46. The summed E-state index contributed by atoms with van der Waals surface area (Å²) in [6.45, 7) is 7.03. The van der Waals surface area contributed by atoms with E-state index in [9.17, 15) is 18.8 Å². The maximum atomic E-state index is 14.8. The molecule has 1 N–H and O–H groups in total. The first-order valence-electron chi connectivity index (χ1n) is 11.7. The topological polar surface area (TPSA) is 91.6 Å². The first-order valence-corrected chi connectivity index (χ1v) is 11.7. The highest BCUT2D eigenvalue weighted by molar-refractivity contribution is 5.68. The van der Waals surface area contributed by atoms with Crippen LogP contribution < -0.4 is 16.6 Å². The van der Waals surface area contributed by atoms with Gasteiger partial charge in [-0.2, -0.15) is 0 Å². The third-order valence-electron chi connectivity index (χ3n) is 5.61. The molecule has 1 amide bonds. The third kappa shape index (κ3) is 6.28. The van der Waals surface area contributed by atoms with Gasteiger partial charge in [0.1, 0.15) is 11.4 Å². The molecule has 1 atom stereocenters. The second-order valence-electron chi connectivity index (χ2n) is 9.39. The van der Waals surface area contributed by atoms with Crippen LogP contribution in [-0.2, 0) is 22.6 Å². The van der Waals surface area contributed by atoms with E-state index >= 15 is 0 Å². The van der Waals surface area contributed by atoms with Crippen LogP contribution >= 0.6 is 0 Å². The molecule has 36 heavy (non-hydrogen) atoms. The van der Waals surface area contributed by atoms with Crippen molar-refractivity contribution in [3.63, 3.8) is 0 Å². The average molecular weight is 498 g/mol. The summed E-state index contributed by atoms with van der Waals surface area (Å²) in [5.41, 5.74) is -0.795. The molecule has 0 aliphatic carbocycles. The molecule has 0 spiro atoms. The summed E-state index contributed by atoms with van der Waals surface area (Å²) in [6.07, 6.45) is -0.689. The molecule has 0 bridgehead atoms. The van der Waals surface area contributed by atoms with Crippen LogP contribution in [0.1, 0.15) is 38.1 Å². The number of methoxy groups -OCH3 is 1. The minimum Gasteiger partial charge on any atom is -0.444 e. The van der Waals surface area contributed by atoms with Gasteiger partial charge < -0.3 is 14.8 Å². The van der Waals surface area contributed by atoms with Crippen LogP contribution in [0.15, 0.2) is 64.2 Å². The Morgan fingerprint density at radius 3 is 2.28 bits per heavy atom. The number of benzene rings is 2. The van der Waals surface area contributed by atoms with Gasteiger partial charge in [0.05, 0.1) is 31.3 Å². The standard InChI is InChI=1S/C27H32FN3O5/c1-18-23(20-13-9-10-14-21(20)28)24(32)31(26(34)30(18)15-16-35-5)17-22(19-11-7-6-8-12-19)29-25(33)36-27(2,3)4/h6-14,22H,15-17H2,1-5H3,(H,29,33)/t22-/m0/s1. The monoisotopic (exact) mass is 497 g/mol. The van der Waals surface area contributed by atoms with Crippen molar-refractivity contribution in [2.24, 2.45) is 0 Å². The molecular formula is C27H32FN3O5. The van der Waals surface area contributed by atoms with Crippen molar-refractivity contribution in [1.82, 2.24) is 14.5 Å². The number of nitrogens with zero attached hydrogens (tertiary/aromatic N) is 2. The van der Waals surface area contributed by atoms with Gasteiger partial charge >= 0.3 is 11.8 Å². The number of carbonyl (C=O) groups is 1. The van der Waals surface area contributed by atoms with Gasteiger partial charge in [0.2, 0.25) is 0 Å². The van der Waals surface area contributed by atoms with E-state index in [1.54, 1.807) is 58.0 Å². The Bertz CT molecular complexity index is 1330. The second kappa shape index (κ2) is 11.3. The fraction of sp³-hybridized carbons (Fsp3) is 0.370. The van der Waals surface area contributed by atoms with Crippen molar-refractivity contribution in [1.29, 1.82) is 0 Å². The van der Waals surface area contributed by atoms with E-state index < -0.39 is 34.8 Å². The molecule has 2 aromatic carbocycles. The predicted molar refractivity (Wildman–Crippen MR) is 136 cm³/mol. The van der Waals surface area contributed by atoms with E-state index in [0.717, 1.165) is 4.57 Å². The lowest BCUT2D eigenvalue weighted by molar-refractivity contribution is 0.0497. The Kier molecular flexibility index (Phi) is 8.47. The third-order valence-corrected chi connectivity index (χ3v) is 5.61. The zero-order valence-corrected chi connectivity index (χ0v) is 21.2. The molecule has 0 aliphatic heterocycles. The molecule has 0 radical (unpaired) electrons. The number of ether oxygens (including phenoxy) is 2. The van der Waals surface area contributed by atoms with E-state index in [2.05, 4.69) is 5.32 Å². The number of rotatable bonds is 8. The Hall–Kier alpha value is -3.72. The highest BCUT2D eigenvalue weighted by Gasteiger charge is 2.25. The summed E-state index contributed by atoms with van der Waals surface area (Å²) in [5.74, 6) is -0.576. The normalized spacial score (nSPS) is 12.3. The van der Waals surface area contributed by atoms with Crippen molar-refractivity contribution < 1.29 is 18.7 Å². The van der Waals surface area contributed by atoms with E-state index in [1.165, 1.54) is 29.9 Å². The van der Waals surface area contributed by atoms with Crippen LogP contribution in [-0.4, -0.2) is 34.5 Å². The summed E-state index contributed by atoms with van der Waals surface area (Å²) in [5, 5.41) is 2.77. The van der Waals surface area contributed by atoms with Crippen LogP contribution in [0.2, 0.25) is 0 Å². The minimum atomic E-state index is -0.765. The Morgan fingerprint density at radius 1 is 1.03 bits per heavy atom. The maximum absolute atomic E-state index is 14.8. The summed E-state index contributed by atoms with van der Waals surface area (Å²) < 4.78 is 27.7. The number of aromatic nitrogens is 2. The molecule has 0 saturated heterocycles. The van der Waals surface area contributed by atoms with Gasteiger partial charge in [0, 0.05) is 18.4 Å². The van der Waals surface area contributed by atoms with Crippen LogP contribution in [0.3, 0.4) is 0 Å². The molecule has 3 aromatic rings. The number of hydrogen-bond acceptors (Lipinski definition) is 5. The zero-order valence-electron chi connectivity index (χ0n) is 21.2. The van der Waals surface area contributed by atoms with Gasteiger partial charge in [-0.3, -0.25) is 13.9 Å². The molecule has 9 heteroatoms. The Balaban J connectivity index is 2.17. The van der Waals surface area contributed by atoms with Crippen LogP contribution in [0.25, 0.3) is 11.1 Å². The largest absolute Gasteiger partial charge is 0.444 e.